The van der Waals surface area contributed by atoms with Gasteiger partial charge >= 0.3 is 0 Å². The second-order valence-electron chi connectivity index (χ2n) is 5.10. The Labute approximate surface area is 117 Å². The van der Waals surface area contributed by atoms with Crippen LogP contribution in [0, 0.1) is 0 Å². The van der Waals surface area contributed by atoms with E-state index in [4.69, 9.17) is 0 Å². The van der Waals surface area contributed by atoms with Crippen LogP contribution in [0.3, 0.4) is 0 Å². The standard InChI is InChI=1S/C13H18N6O/c1-3-9-4-10(18(2)16-9)5-13(20)12-8-19(17-15-12)11-6-14-7-11/h4,8,11,14H,3,5-7H2,1-2H3. The zero-order chi connectivity index (χ0) is 14.1. The summed E-state index contributed by atoms with van der Waals surface area (Å²) in [4.78, 5) is 12.2. The molecule has 0 amide bonds. The molecular formula is C13H18N6O. The quantitative estimate of drug-likeness (QED) is 0.785. The Morgan fingerprint density at radius 2 is 2.30 bits per heavy atom. The van der Waals surface area contributed by atoms with Crippen LogP contribution in [0.15, 0.2) is 12.3 Å². The molecule has 0 spiro atoms. The summed E-state index contributed by atoms with van der Waals surface area (Å²) in [6, 6.07) is 2.30. The van der Waals surface area contributed by atoms with Crippen LogP contribution < -0.4 is 5.32 Å². The second-order valence-corrected chi connectivity index (χ2v) is 5.10. The van der Waals surface area contributed by atoms with Crippen LogP contribution in [0.2, 0.25) is 0 Å². The number of aryl methyl sites for hydroxylation is 2. The highest BCUT2D eigenvalue weighted by atomic mass is 16.1. The van der Waals surface area contributed by atoms with Gasteiger partial charge < -0.3 is 5.32 Å². The van der Waals surface area contributed by atoms with Crippen molar-refractivity contribution in [2.24, 2.45) is 7.05 Å². The number of carbonyl (C=O) groups is 1. The number of aromatic nitrogens is 5. The highest BCUT2D eigenvalue weighted by Crippen LogP contribution is 2.12. The van der Waals surface area contributed by atoms with E-state index in [2.05, 4.69) is 20.7 Å². The van der Waals surface area contributed by atoms with E-state index >= 15 is 0 Å². The van der Waals surface area contributed by atoms with Gasteiger partial charge in [0.2, 0.25) is 0 Å². The Kier molecular flexibility index (Phi) is 3.35. The van der Waals surface area contributed by atoms with Gasteiger partial charge in [-0.25, -0.2) is 4.68 Å². The smallest absolute Gasteiger partial charge is 0.190 e. The van der Waals surface area contributed by atoms with Crippen molar-refractivity contribution in [1.82, 2.24) is 30.1 Å². The normalized spacial score (nSPS) is 15.3. The van der Waals surface area contributed by atoms with Gasteiger partial charge in [-0.2, -0.15) is 5.10 Å². The van der Waals surface area contributed by atoms with E-state index in [1.54, 1.807) is 15.6 Å². The lowest BCUT2D eigenvalue weighted by Crippen LogP contribution is -2.43. The molecule has 1 fully saturated rings. The van der Waals surface area contributed by atoms with Crippen molar-refractivity contribution < 1.29 is 4.79 Å². The van der Waals surface area contributed by atoms with E-state index in [1.165, 1.54) is 0 Å². The van der Waals surface area contributed by atoms with Crippen molar-refractivity contribution in [3.8, 4) is 0 Å². The van der Waals surface area contributed by atoms with Crippen molar-refractivity contribution in [1.29, 1.82) is 0 Å². The minimum atomic E-state index is -0.0193. The van der Waals surface area contributed by atoms with Crippen molar-refractivity contribution in [2.75, 3.05) is 13.1 Å². The first-order chi connectivity index (χ1) is 9.67. The summed E-state index contributed by atoms with van der Waals surface area (Å²) in [5, 5.41) is 15.5. The highest BCUT2D eigenvalue weighted by Gasteiger charge is 2.22. The predicted molar refractivity (Wildman–Crippen MR) is 72.5 cm³/mol. The molecule has 0 radical (unpaired) electrons. The van der Waals surface area contributed by atoms with E-state index in [-0.39, 0.29) is 5.78 Å². The number of carbonyl (C=O) groups excluding carboxylic acids is 1. The number of nitrogens with one attached hydrogen (secondary N) is 1. The van der Waals surface area contributed by atoms with E-state index in [1.807, 2.05) is 20.0 Å². The van der Waals surface area contributed by atoms with Crippen molar-refractivity contribution in [2.45, 2.75) is 25.8 Å². The third-order valence-corrected chi connectivity index (χ3v) is 3.66. The molecule has 7 nitrogen and oxygen atoms in total. The van der Waals surface area contributed by atoms with Crippen molar-refractivity contribution in [3.63, 3.8) is 0 Å². The molecule has 0 atom stereocenters. The lowest BCUT2D eigenvalue weighted by molar-refractivity contribution is 0.0986. The molecule has 0 saturated carbocycles. The topological polar surface area (TPSA) is 77.6 Å². The molecule has 0 aliphatic carbocycles. The summed E-state index contributed by atoms with van der Waals surface area (Å²) >= 11 is 0. The molecule has 3 heterocycles. The number of ketones is 1. The van der Waals surface area contributed by atoms with Gasteiger partial charge in [-0.05, 0) is 12.5 Å². The summed E-state index contributed by atoms with van der Waals surface area (Å²) in [5.74, 6) is -0.0193. The number of Topliss-reactive ketones (excluding diaryl/α,β-unsaturated/α-hetero) is 1. The Morgan fingerprint density at radius 1 is 1.50 bits per heavy atom. The fourth-order valence-electron chi connectivity index (χ4n) is 2.21. The molecule has 20 heavy (non-hydrogen) atoms. The van der Waals surface area contributed by atoms with Gasteiger partial charge in [0.25, 0.3) is 0 Å². The molecule has 3 rings (SSSR count). The second kappa shape index (κ2) is 5.16. The first-order valence-corrected chi connectivity index (χ1v) is 6.85. The van der Waals surface area contributed by atoms with E-state index in [0.717, 1.165) is 30.9 Å². The minimum absolute atomic E-state index is 0.0193. The fourth-order valence-corrected chi connectivity index (χ4v) is 2.21. The third-order valence-electron chi connectivity index (χ3n) is 3.66. The van der Waals surface area contributed by atoms with Gasteiger partial charge in [0.05, 0.1) is 24.4 Å². The van der Waals surface area contributed by atoms with Crippen LogP contribution in [0.4, 0.5) is 0 Å². The average molecular weight is 274 g/mol. The number of hydrogen-bond donors (Lipinski definition) is 1. The van der Waals surface area contributed by atoms with E-state index < -0.39 is 0 Å². The SMILES string of the molecule is CCc1cc(CC(=O)c2cn(C3CNC3)nn2)n(C)n1. The molecule has 1 N–H and O–H groups in total. The Balaban J connectivity index is 1.71. The van der Waals surface area contributed by atoms with Crippen molar-refractivity contribution in [3.05, 3.63) is 29.3 Å². The monoisotopic (exact) mass is 274 g/mol. The molecule has 0 unspecified atom stereocenters. The van der Waals surface area contributed by atoms with E-state index in [0.29, 0.717) is 18.2 Å². The zero-order valence-corrected chi connectivity index (χ0v) is 11.7. The first-order valence-electron chi connectivity index (χ1n) is 6.85. The largest absolute Gasteiger partial charge is 0.312 e. The molecule has 106 valence electrons. The maximum Gasteiger partial charge on any atom is 0.190 e. The Bertz CT molecular complexity index is 625. The van der Waals surface area contributed by atoms with E-state index in [9.17, 15) is 4.79 Å². The van der Waals surface area contributed by atoms with Gasteiger partial charge in [-0.1, -0.05) is 12.1 Å². The molecule has 2 aromatic rings. The molecule has 2 aromatic heterocycles. The third kappa shape index (κ3) is 2.36. The van der Waals surface area contributed by atoms with Crippen LogP contribution in [0.1, 0.15) is 34.8 Å². The molecule has 1 aliphatic heterocycles. The van der Waals surface area contributed by atoms with Crippen LogP contribution in [-0.4, -0.2) is 43.6 Å². The summed E-state index contributed by atoms with van der Waals surface area (Å²) < 4.78 is 3.53. The number of rotatable bonds is 5. The molecule has 1 aliphatic rings. The van der Waals surface area contributed by atoms with Gasteiger partial charge in [0.15, 0.2) is 5.78 Å². The van der Waals surface area contributed by atoms with Crippen LogP contribution in [0.5, 0.6) is 0 Å². The summed E-state index contributed by atoms with van der Waals surface area (Å²) in [5.41, 5.74) is 2.34. The predicted octanol–water partition coefficient (Wildman–Crippen LogP) is 0.144. The lowest BCUT2D eigenvalue weighted by Gasteiger charge is -2.26. The van der Waals surface area contributed by atoms with Crippen LogP contribution in [0.25, 0.3) is 0 Å². The summed E-state index contributed by atoms with van der Waals surface area (Å²) in [6.07, 6.45) is 2.92. The molecular weight excluding hydrogens is 256 g/mol. The number of hydrogen-bond acceptors (Lipinski definition) is 5. The van der Waals surface area contributed by atoms with Gasteiger partial charge in [0.1, 0.15) is 5.69 Å². The molecule has 0 bridgehead atoms. The molecule has 7 heteroatoms. The first kappa shape index (κ1) is 13.0. The summed E-state index contributed by atoms with van der Waals surface area (Å²) in [7, 11) is 1.86. The lowest BCUT2D eigenvalue weighted by atomic mass is 10.1. The highest BCUT2D eigenvalue weighted by molar-refractivity contribution is 5.95. The van der Waals surface area contributed by atoms with Gasteiger partial charge in [-0.3, -0.25) is 9.48 Å². The Hall–Kier alpha value is -2.02. The maximum absolute atomic E-state index is 12.2. The Morgan fingerprint density at radius 3 is 2.90 bits per heavy atom. The molecule has 1 saturated heterocycles. The maximum atomic E-state index is 12.2. The van der Waals surface area contributed by atoms with Crippen LogP contribution >= 0.6 is 0 Å². The number of nitrogens with zero attached hydrogens (tertiary/aromatic N) is 5. The zero-order valence-electron chi connectivity index (χ0n) is 11.7. The molecule has 0 aromatic carbocycles. The summed E-state index contributed by atoms with van der Waals surface area (Å²) in [6.45, 7) is 3.82. The van der Waals surface area contributed by atoms with Gasteiger partial charge in [-0.15, -0.1) is 5.10 Å². The average Bonchev–Trinajstić information content (AvgIpc) is 2.95. The van der Waals surface area contributed by atoms with Crippen LogP contribution in [-0.2, 0) is 19.9 Å². The fraction of sp³-hybridized carbons (Fsp3) is 0.538. The minimum Gasteiger partial charge on any atom is -0.312 e. The van der Waals surface area contributed by atoms with Crippen molar-refractivity contribution >= 4 is 5.78 Å². The van der Waals surface area contributed by atoms with Gasteiger partial charge in [0, 0.05) is 25.8 Å².